The van der Waals surface area contributed by atoms with Crippen molar-refractivity contribution < 1.29 is 9.90 Å². The van der Waals surface area contributed by atoms with E-state index in [0.29, 0.717) is 5.92 Å². The molecule has 0 atom stereocenters. The summed E-state index contributed by atoms with van der Waals surface area (Å²) in [6.07, 6.45) is 2.45. The van der Waals surface area contributed by atoms with E-state index in [1.54, 1.807) is 11.3 Å². The van der Waals surface area contributed by atoms with Crippen LogP contribution in [0.1, 0.15) is 29.3 Å². The van der Waals surface area contributed by atoms with E-state index >= 15 is 0 Å². The molecule has 3 rings (SSSR count). The van der Waals surface area contributed by atoms with Crippen molar-refractivity contribution in [2.75, 3.05) is 38.1 Å². The zero-order valence-corrected chi connectivity index (χ0v) is 11.9. The smallest absolute Gasteiger partial charge is 0.308 e. The van der Waals surface area contributed by atoms with Gasteiger partial charge in [-0.3, -0.25) is 4.79 Å². The van der Waals surface area contributed by atoms with Gasteiger partial charge in [-0.2, -0.15) is 0 Å². The highest BCUT2D eigenvalue weighted by atomic mass is 32.1. The number of anilines is 1. The van der Waals surface area contributed by atoms with Gasteiger partial charge >= 0.3 is 5.97 Å². The quantitative estimate of drug-likeness (QED) is 0.904. The van der Waals surface area contributed by atoms with Crippen molar-refractivity contribution in [3.05, 3.63) is 10.6 Å². The van der Waals surface area contributed by atoms with Crippen molar-refractivity contribution in [2.45, 2.75) is 25.2 Å². The number of hydrogen-bond acceptors (Lipinski definition) is 5. The number of hydrogen-bond donors (Lipinski definition) is 1. The van der Waals surface area contributed by atoms with Gasteiger partial charge < -0.3 is 14.9 Å². The highest BCUT2D eigenvalue weighted by molar-refractivity contribution is 7.15. The molecular weight excluding hydrogens is 262 g/mol. The summed E-state index contributed by atoms with van der Waals surface area (Å²) in [4.78, 5) is 21.3. The van der Waals surface area contributed by atoms with Gasteiger partial charge in [-0.25, -0.2) is 4.98 Å². The average Bonchev–Trinajstić information content (AvgIpc) is 3.12. The van der Waals surface area contributed by atoms with Gasteiger partial charge in [0.15, 0.2) is 5.13 Å². The lowest BCUT2D eigenvalue weighted by Gasteiger charge is -2.32. The fourth-order valence-corrected chi connectivity index (χ4v) is 3.61. The van der Waals surface area contributed by atoms with Crippen LogP contribution in [0.5, 0.6) is 0 Å². The van der Waals surface area contributed by atoms with E-state index in [0.717, 1.165) is 41.9 Å². The third kappa shape index (κ3) is 2.90. The molecular formula is C13H19N3O2S. The minimum absolute atomic E-state index is 0.122. The van der Waals surface area contributed by atoms with Gasteiger partial charge in [-0.1, -0.05) is 0 Å². The maximum atomic E-state index is 11.0. The first kappa shape index (κ1) is 12.9. The largest absolute Gasteiger partial charge is 0.481 e. The zero-order valence-electron chi connectivity index (χ0n) is 11.1. The number of carbonyl (C=O) groups is 1. The van der Waals surface area contributed by atoms with Crippen LogP contribution in [0.25, 0.3) is 0 Å². The van der Waals surface area contributed by atoms with Gasteiger partial charge in [-0.15, -0.1) is 11.3 Å². The number of likely N-dealkylation sites (N-methyl/N-ethyl adjacent to an activating group) is 1. The number of carboxylic acids is 1. The molecule has 19 heavy (non-hydrogen) atoms. The molecule has 0 spiro atoms. The molecule has 1 aromatic heterocycles. The maximum Gasteiger partial charge on any atom is 0.308 e. The molecule has 0 amide bonds. The Morgan fingerprint density at radius 2 is 2.05 bits per heavy atom. The Kier molecular flexibility index (Phi) is 3.45. The van der Waals surface area contributed by atoms with Gasteiger partial charge in [0.05, 0.1) is 12.1 Å². The number of rotatable bonds is 4. The van der Waals surface area contributed by atoms with E-state index in [1.807, 2.05) is 0 Å². The van der Waals surface area contributed by atoms with Crippen LogP contribution < -0.4 is 4.90 Å². The van der Waals surface area contributed by atoms with Gasteiger partial charge in [-0.05, 0) is 19.9 Å². The molecule has 104 valence electrons. The summed E-state index contributed by atoms with van der Waals surface area (Å²) in [6, 6.07) is 0. The SMILES string of the molecule is CN1CCN(c2nc(C3CC3)c(CC(=O)O)s2)CC1. The Morgan fingerprint density at radius 3 is 2.63 bits per heavy atom. The first-order chi connectivity index (χ1) is 9.13. The van der Waals surface area contributed by atoms with Crippen LogP contribution in [0, 0.1) is 0 Å². The van der Waals surface area contributed by atoms with Crippen molar-refractivity contribution in [1.82, 2.24) is 9.88 Å². The normalized spacial score (nSPS) is 20.8. The monoisotopic (exact) mass is 281 g/mol. The first-order valence-electron chi connectivity index (χ1n) is 6.78. The van der Waals surface area contributed by atoms with Gasteiger partial charge in [0.1, 0.15) is 0 Å². The summed E-state index contributed by atoms with van der Waals surface area (Å²) in [7, 11) is 2.13. The zero-order chi connectivity index (χ0) is 13.4. The molecule has 1 aliphatic heterocycles. The fraction of sp³-hybridized carbons (Fsp3) is 0.692. The topological polar surface area (TPSA) is 56.7 Å². The molecule has 5 nitrogen and oxygen atoms in total. The molecule has 1 N–H and O–H groups in total. The van der Waals surface area contributed by atoms with Crippen LogP contribution in [0.4, 0.5) is 5.13 Å². The lowest BCUT2D eigenvalue weighted by atomic mass is 10.2. The lowest BCUT2D eigenvalue weighted by Crippen LogP contribution is -2.44. The molecule has 1 aromatic rings. The van der Waals surface area contributed by atoms with Crippen molar-refractivity contribution in [3.8, 4) is 0 Å². The third-order valence-corrected chi connectivity index (χ3v) is 4.90. The van der Waals surface area contributed by atoms with Crippen molar-refractivity contribution in [1.29, 1.82) is 0 Å². The number of nitrogens with zero attached hydrogens (tertiary/aromatic N) is 3. The van der Waals surface area contributed by atoms with E-state index in [1.165, 1.54) is 12.8 Å². The second-order valence-electron chi connectivity index (χ2n) is 5.44. The van der Waals surface area contributed by atoms with E-state index in [4.69, 9.17) is 10.1 Å². The average molecular weight is 281 g/mol. The number of aromatic nitrogens is 1. The van der Waals surface area contributed by atoms with E-state index in [2.05, 4.69) is 16.8 Å². The minimum Gasteiger partial charge on any atom is -0.481 e. The van der Waals surface area contributed by atoms with Crippen molar-refractivity contribution in [2.24, 2.45) is 0 Å². The molecule has 0 bridgehead atoms. The second-order valence-corrected chi connectivity index (χ2v) is 6.50. The first-order valence-corrected chi connectivity index (χ1v) is 7.60. The summed E-state index contributed by atoms with van der Waals surface area (Å²) in [5.74, 6) is -0.234. The molecule has 0 aromatic carbocycles. The number of thiazole rings is 1. The highest BCUT2D eigenvalue weighted by Gasteiger charge is 2.31. The number of aliphatic carboxylic acids is 1. The van der Waals surface area contributed by atoms with Crippen LogP contribution in [0.2, 0.25) is 0 Å². The predicted octanol–water partition coefficient (Wildman–Crippen LogP) is 1.40. The molecule has 0 radical (unpaired) electrons. The van der Waals surface area contributed by atoms with Gasteiger partial charge in [0.2, 0.25) is 0 Å². The summed E-state index contributed by atoms with van der Waals surface area (Å²) >= 11 is 1.58. The van der Waals surface area contributed by atoms with Gasteiger partial charge in [0.25, 0.3) is 0 Å². The van der Waals surface area contributed by atoms with Crippen LogP contribution >= 0.6 is 11.3 Å². The van der Waals surface area contributed by atoms with E-state index in [9.17, 15) is 4.79 Å². The minimum atomic E-state index is -0.754. The Hall–Kier alpha value is -1.14. The molecule has 2 fully saturated rings. The molecule has 0 unspecified atom stereocenters. The van der Waals surface area contributed by atoms with Crippen LogP contribution in [0.15, 0.2) is 0 Å². The fourth-order valence-electron chi connectivity index (χ4n) is 2.42. The summed E-state index contributed by atoms with van der Waals surface area (Å²) < 4.78 is 0. The van der Waals surface area contributed by atoms with Crippen LogP contribution in [0.3, 0.4) is 0 Å². The second kappa shape index (κ2) is 5.09. The molecule has 2 heterocycles. The van der Waals surface area contributed by atoms with E-state index < -0.39 is 5.97 Å². The predicted molar refractivity (Wildman–Crippen MR) is 75.1 cm³/mol. The number of carboxylic acid groups (broad SMARTS) is 1. The Labute approximate surface area is 116 Å². The highest BCUT2D eigenvalue weighted by Crippen LogP contribution is 2.44. The van der Waals surface area contributed by atoms with Gasteiger partial charge in [0, 0.05) is 37.0 Å². The summed E-state index contributed by atoms with van der Waals surface area (Å²) in [5.41, 5.74) is 1.06. The number of piperazine rings is 1. The lowest BCUT2D eigenvalue weighted by molar-refractivity contribution is -0.136. The Morgan fingerprint density at radius 1 is 1.37 bits per heavy atom. The van der Waals surface area contributed by atoms with E-state index in [-0.39, 0.29) is 6.42 Å². The maximum absolute atomic E-state index is 11.0. The Balaban J connectivity index is 1.79. The summed E-state index contributed by atoms with van der Waals surface area (Å²) in [5, 5.41) is 10.0. The molecule has 6 heteroatoms. The molecule has 2 aliphatic rings. The third-order valence-electron chi connectivity index (χ3n) is 3.77. The summed E-state index contributed by atoms with van der Waals surface area (Å²) in [6.45, 7) is 4.07. The van der Waals surface area contributed by atoms with Crippen LogP contribution in [-0.4, -0.2) is 54.2 Å². The standard InChI is InChI=1S/C13H19N3O2S/c1-15-4-6-16(7-5-15)13-14-12(9-2-3-9)10(19-13)8-11(17)18/h9H,2-8H2,1H3,(H,17,18). The van der Waals surface area contributed by atoms with Crippen LogP contribution in [-0.2, 0) is 11.2 Å². The van der Waals surface area contributed by atoms with Crippen molar-refractivity contribution in [3.63, 3.8) is 0 Å². The molecule has 1 saturated carbocycles. The molecule has 1 saturated heterocycles. The van der Waals surface area contributed by atoms with Crippen molar-refractivity contribution >= 4 is 22.4 Å². The molecule has 1 aliphatic carbocycles. The Bertz CT molecular complexity index is 476.